The highest BCUT2D eigenvalue weighted by atomic mass is 16.1. The fourth-order valence-electron chi connectivity index (χ4n) is 3.00. The number of nitrogens with one attached hydrogen (secondary N) is 1. The monoisotopic (exact) mass is 359 g/mol. The van der Waals surface area contributed by atoms with Crippen LogP contribution in [0.15, 0.2) is 72.9 Å². The van der Waals surface area contributed by atoms with E-state index in [1.54, 1.807) is 0 Å². The molecule has 138 valence electrons. The molecule has 1 heterocycles. The van der Waals surface area contributed by atoms with Crippen molar-refractivity contribution < 1.29 is 4.79 Å². The highest BCUT2D eigenvalue weighted by molar-refractivity contribution is 5.91. The first-order valence-corrected chi connectivity index (χ1v) is 9.25. The molecular weight excluding hydrogens is 334 g/mol. The van der Waals surface area contributed by atoms with E-state index >= 15 is 0 Å². The number of nitrogens with zero attached hydrogens (tertiary/aromatic N) is 2. The molecule has 0 fully saturated rings. The van der Waals surface area contributed by atoms with Crippen LogP contribution in [-0.2, 0) is 17.8 Å². The Labute approximate surface area is 160 Å². The van der Waals surface area contributed by atoms with Crippen molar-refractivity contribution in [3.05, 3.63) is 89.6 Å². The van der Waals surface area contributed by atoms with Gasteiger partial charge in [-0.25, -0.2) is 4.98 Å². The molecule has 0 saturated heterocycles. The summed E-state index contributed by atoms with van der Waals surface area (Å²) in [6.45, 7) is 5.86. The molecule has 1 amide bonds. The lowest BCUT2D eigenvalue weighted by Gasteiger charge is -2.23. The topological polar surface area (TPSA) is 45.2 Å². The molecule has 4 heteroatoms. The van der Waals surface area contributed by atoms with Gasteiger partial charge in [-0.3, -0.25) is 4.79 Å². The molecule has 0 atom stereocenters. The minimum Gasteiger partial charge on any atom is -0.366 e. The van der Waals surface area contributed by atoms with Crippen molar-refractivity contribution >= 4 is 17.4 Å². The van der Waals surface area contributed by atoms with Gasteiger partial charge in [0.25, 0.3) is 0 Å². The molecule has 3 rings (SSSR count). The summed E-state index contributed by atoms with van der Waals surface area (Å²) >= 11 is 0. The maximum Gasteiger partial charge on any atom is 0.229 e. The molecule has 0 radical (unpaired) electrons. The van der Waals surface area contributed by atoms with Crippen molar-refractivity contribution in [3.63, 3.8) is 0 Å². The SMILES string of the molecule is CCN(Cc1ccccc1)c1ccc(NC(=O)Cc2ccccc2C)nc1. The molecule has 4 nitrogen and oxygen atoms in total. The zero-order valence-corrected chi connectivity index (χ0v) is 15.9. The summed E-state index contributed by atoms with van der Waals surface area (Å²) in [5, 5.41) is 2.88. The van der Waals surface area contributed by atoms with Crippen molar-refractivity contribution in [2.75, 3.05) is 16.8 Å². The summed E-state index contributed by atoms with van der Waals surface area (Å²) in [6.07, 6.45) is 2.17. The van der Waals surface area contributed by atoms with Crippen molar-refractivity contribution in [3.8, 4) is 0 Å². The van der Waals surface area contributed by atoms with Crippen LogP contribution in [0.5, 0.6) is 0 Å². The molecule has 0 aliphatic carbocycles. The minimum absolute atomic E-state index is 0.0545. The van der Waals surface area contributed by atoms with E-state index in [9.17, 15) is 4.79 Å². The van der Waals surface area contributed by atoms with Crippen LogP contribution < -0.4 is 10.2 Å². The van der Waals surface area contributed by atoms with Crippen LogP contribution in [0.2, 0.25) is 0 Å². The number of carbonyl (C=O) groups is 1. The Morgan fingerprint density at radius 1 is 1.00 bits per heavy atom. The third-order valence-electron chi connectivity index (χ3n) is 4.59. The molecule has 2 aromatic carbocycles. The highest BCUT2D eigenvalue weighted by Gasteiger charge is 2.09. The summed E-state index contributed by atoms with van der Waals surface area (Å²) in [4.78, 5) is 19.0. The van der Waals surface area contributed by atoms with E-state index in [1.165, 1.54) is 5.56 Å². The van der Waals surface area contributed by atoms with Crippen LogP contribution in [0, 0.1) is 6.92 Å². The van der Waals surface area contributed by atoms with Crippen molar-refractivity contribution in [2.24, 2.45) is 0 Å². The lowest BCUT2D eigenvalue weighted by molar-refractivity contribution is -0.115. The molecule has 0 bridgehead atoms. The average molecular weight is 359 g/mol. The second-order valence-corrected chi connectivity index (χ2v) is 6.55. The zero-order valence-electron chi connectivity index (χ0n) is 15.9. The molecule has 0 aliphatic heterocycles. The average Bonchev–Trinajstić information content (AvgIpc) is 2.69. The van der Waals surface area contributed by atoms with E-state index in [0.717, 1.165) is 29.9 Å². The van der Waals surface area contributed by atoms with Gasteiger partial charge in [0.2, 0.25) is 5.91 Å². The number of rotatable bonds is 7. The van der Waals surface area contributed by atoms with Crippen molar-refractivity contribution in [1.29, 1.82) is 0 Å². The Morgan fingerprint density at radius 2 is 1.74 bits per heavy atom. The van der Waals surface area contributed by atoms with Crippen LogP contribution in [0.4, 0.5) is 11.5 Å². The zero-order chi connectivity index (χ0) is 19.1. The first-order valence-electron chi connectivity index (χ1n) is 9.25. The lowest BCUT2D eigenvalue weighted by Crippen LogP contribution is -2.22. The normalized spacial score (nSPS) is 10.4. The Bertz CT molecular complexity index is 876. The van der Waals surface area contributed by atoms with Gasteiger partial charge in [-0.05, 0) is 42.7 Å². The third-order valence-corrected chi connectivity index (χ3v) is 4.59. The Hall–Kier alpha value is -3.14. The summed E-state index contributed by atoms with van der Waals surface area (Å²) in [5.74, 6) is 0.522. The molecular formula is C23H25N3O. The molecule has 0 spiro atoms. The molecule has 0 saturated carbocycles. The van der Waals surface area contributed by atoms with Crippen LogP contribution in [0.25, 0.3) is 0 Å². The number of hydrogen-bond acceptors (Lipinski definition) is 3. The number of benzene rings is 2. The number of aryl methyl sites for hydroxylation is 1. The molecule has 27 heavy (non-hydrogen) atoms. The summed E-state index contributed by atoms with van der Waals surface area (Å²) in [6, 6.07) is 22.2. The van der Waals surface area contributed by atoms with Crippen LogP contribution in [0.3, 0.4) is 0 Å². The van der Waals surface area contributed by atoms with Crippen LogP contribution >= 0.6 is 0 Å². The third kappa shape index (κ3) is 5.17. The summed E-state index contributed by atoms with van der Waals surface area (Å²) < 4.78 is 0. The Kier molecular flexibility index (Phi) is 6.21. The maximum absolute atomic E-state index is 12.3. The van der Waals surface area contributed by atoms with Gasteiger partial charge in [0.05, 0.1) is 18.3 Å². The van der Waals surface area contributed by atoms with E-state index in [4.69, 9.17) is 0 Å². The number of anilines is 2. The largest absolute Gasteiger partial charge is 0.366 e. The molecule has 0 aliphatic rings. The molecule has 3 aromatic rings. The van der Waals surface area contributed by atoms with Gasteiger partial charge in [-0.1, -0.05) is 54.6 Å². The van der Waals surface area contributed by atoms with Crippen LogP contribution in [0.1, 0.15) is 23.6 Å². The van der Waals surface area contributed by atoms with Gasteiger partial charge in [0, 0.05) is 13.1 Å². The van der Waals surface area contributed by atoms with Gasteiger partial charge in [0.1, 0.15) is 5.82 Å². The first-order chi connectivity index (χ1) is 13.2. The summed E-state index contributed by atoms with van der Waals surface area (Å²) in [5.41, 5.74) is 4.45. The molecule has 0 unspecified atom stereocenters. The van der Waals surface area contributed by atoms with E-state index in [-0.39, 0.29) is 5.91 Å². The predicted molar refractivity (Wildman–Crippen MR) is 111 cm³/mol. The van der Waals surface area contributed by atoms with Crippen molar-refractivity contribution in [2.45, 2.75) is 26.8 Å². The van der Waals surface area contributed by atoms with E-state index < -0.39 is 0 Å². The standard InChI is InChI=1S/C23H25N3O/c1-3-26(17-19-10-5-4-6-11-19)21-13-14-22(24-16-21)25-23(27)15-20-12-8-7-9-18(20)2/h4-14,16H,3,15,17H2,1-2H3,(H,24,25,27). The predicted octanol–water partition coefficient (Wildman–Crippen LogP) is 4.60. The molecule has 1 aromatic heterocycles. The minimum atomic E-state index is -0.0545. The van der Waals surface area contributed by atoms with E-state index in [0.29, 0.717) is 12.2 Å². The maximum atomic E-state index is 12.3. The smallest absolute Gasteiger partial charge is 0.229 e. The van der Waals surface area contributed by atoms with Gasteiger partial charge < -0.3 is 10.2 Å². The van der Waals surface area contributed by atoms with Gasteiger partial charge in [-0.2, -0.15) is 0 Å². The number of carbonyl (C=O) groups excluding carboxylic acids is 1. The number of pyridine rings is 1. The fraction of sp³-hybridized carbons (Fsp3) is 0.217. The number of hydrogen-bond donors (Lipinski definition) is 1. The van der Waals surface area contributed by atoms with Crippen LogP contribution in [-0.4, -0.2) is 17.4 Å². The van der Waals surface area contributed by atoms with Gasteiger partial charge in [0.15, 0.2) is 0 Å². The van der Waals surface area contributed by atoms with Crippen molar-refractivity contribution in [1.82, 2.24) is 4.98 Å². The van der Waals surface area contributed by atoms with Gasteiger partial charge >= 0.3 is 0 Å². The second kappa shape index (κ2) is 8.99. The number of aromatic nitrogens is 1. The first kappa shape index (κ1) is 18.6. The number of amides is 1. The molecule has 1 N–H and O–H groups in total. The van der Waals surface area contributed by atoms with Gasteiger partial charge in [-0.15, -0.1) is 0 Å². The lowest BCUT2D eigenvalue weighted by atomic mass is 10.1. The second-order valence-electron chi connectivity index (χ2n) is 6.55. The Morgan fingerprint density at radius 3 is 2.41 bits per heavy atom. The quantitative estimate of drug-likeness (QED) is 0.671. The summed E-state index contributed by atoms with van der Waals surface area (Å²) in [7, 11) is 0. The highest BCUT2D eigenvalue weighted by Crippen LogP contribution is 2.18. The fourth-order valence-corrected chi connectivity index (χ4v) is 3.00. The Balaban J connectivity index is 1.62. The van der Waals surface area contributed by atoms with E-state index in [2.05, 4.69) is 46.4 Å². The van der Waals surface area contributed by atoms with E-state index in [1.807, 2.05) is 55.6 Å².